The molecule has 0 aliphatic heterocycles. The van der Waals surface area contributed by atoms with Gasteiger partial charge in [-0.3, -0.25) is 0 Å². The molecule has 0 saturated heterocycles. The molecule has 3 aromatic rings. The normalized spacial score (nSPS) is 10.7. The van der Waals surface area contributed by atoms with Gasteiger partial charge < -0.3 is 10.3 Å². The lowest BCUT2D eigenvalue weighted by Gasteiger charge is -1.97. The highest BCUT2D eigenvalue weighted by molar-refractivity contribution is 6.35. The van der Waals surface area contributed by atoms with Crippen molar-refractivity contribution in [2.24, 2.45) is 0 Å². The van der Waals surface area contributed by atoms with Crippen LogP contribution in [-0.4, -0.2) is 20.1 Å². The van der Waals surface area contributed by atoms with Crippen molar-refractivity contribution < 1.29 is 4.52 Å². The molecule has 3 aromatic heterocycles. The largest absolute Gasteiger partial charge is 0.397 e. The third kappa shape index (κ3) is 2.43. The van der Waals surface area contributed by atoms with E-state index in [0.717, 1.165) is 0 Å². The number of nitrogen functional groups attached to an aromatic ring is 1. The van der Waals surface area contributed by atoms with Crippen LogP contribution in [0.2, 0.25) is 10.0 Å². The third-order valence-electron chi connectivity index (χ3n) is 2.45. The summed E-state index contributed by atoms with van der Waals surface area (Å²) in [4.78, 5) is 12.4. The summed E-state index contributed by atoms with van der Waals surface area (Å²) >= 11 is 11.8. The van der Waals surface area contributed by atoms with Crippen molar-refractivity contribution in [3.63, 3.8) is 0 Å². The quantitative estimate of drug-likeness (QED) is 0.782. The standard InChI is InChI=1S/C12H7Cl2N5O/c13-6-3-8(14)10(17-4-6)11-18-12(20-19-11)9-2-1-7(15)5-16-9/h1-5H,15H2. The first kappa shape index (κ1) is 12.8. The molecule has 0 bridgehead atoms. The number of pyridine rings is 2. The highest BCUT2D eigenvalue weighted by Gasteiger charge is 2.15. The first-order chi connectivity index (χ1) is 9.63. The van der Waals surface area contributed by atoms with Gasteiger partial charge in [0.1, 0.15) is 11.4 Å². The van der Waals surface area contributed by atoms with Gasteiger partial charge >= 0.3 is 0 Å². The van der Waals surface area contributed by atoms with Crippen molar-refractivity contribution >= 4 is 28.9 Å². The highest BCUT2D eigenvalue weighted by Crippen LogP contribution is 2.27. The number of nitrogens with zero attached hydrogens (tertiary/aromatic N) is 4. The van der Waals surface area contributed by atoms with E-state index in [0.29, 0.717) is 27.1 Å². The molecule has 20 heavy (non-hydrogen) atoms. The Hall–Kier alpha value is -2.18. The Labute approximate surface area is 123 Å². The van der Waals surface area contributed by atoms with Crippen molar-refractivity contribution in [1.29, 1.82) is 0 Å². The number of halogens is 2. The maximum Gasteiger partial charge on any atom is 0.276 e. The van der Waals surface area contributed by atoms with Crippen LogP contribution in [0.4, 0.5) is 5.69 Å². The molecule has 8 heteroatoms. The molecule has 2 N–H and O–H groups in total. The number of anilines is 1. The molecule has 3 heterocycles. The Morgan fingerprint density at radius 1 is 1.10 bits per heavy atom. The van der Waals surface area contributed by atoms with Crippen LogP contribution < -0.4 is 5.73 Å². The van der Waals surface area contributed by atoms with E-state index in [2.05, 4.69) is 20.1 Å². The monoisotopic (exact) mass is 307 g/mol. The number of hydrogen-bond acceptors (Lipinski definition) is 6. The second-order valence-corrected chi connectivity index (χ2v) is 4.73. The maximum atomic E-state index is 6.04. The fraction of sp³-hybridized carbons (Fsp3) is 0. The Kier molecular flexibility index (Phi) is 3.25. The predicted molar refractivity (Wildman–Crippen MR) is 75.2 cm³/mol. The Morgan fingerprint density at radius 2 is 1.95 bits per heavy atom. The highest BCUT2D eigenvalue weighted by atomic mass is 35.5. The van der Waals surface area contributed by atoms with Gasteiger partial charge in [0.05, 0.1) is 21.9 Å². The summed E-state index contributed by atoms with van der Waals surface area (Å²) in [5.41, 5.74) is 7.02. The fourth-order valence-electron chi connectivity index (χ4n) is 1.53. The molecule has 0 spiro atoms. The molecule has 0 saturated carbocycles. The fourth-order valence-corrected chi connectivity index (χ4v) is 2.00. The van der Waals surface area contributed by atoms with Gasteiger partial charge in [-0.2, -0.15) is 4.98 Å². The number of rotatable bonds is 2. The summed E-state index contributed by atoms with van der Waals surface area (Å²) in [5.74, 6) is 0.521. The van der Waals surface area contributed by atoms with E-state index in [1.165, 1.54) is 12.4 Å². The third-order valence-corrected chi connectivity index (χ3v) is 2.95. The average molecular weight is 308 g/mol. The first-order valence-corrected chi connectivity index (χ1v) is 6.26. The zero-order chi connectivity index (χ0) is 14.1. The molecule has 0 atom stereocenters. The van der Waals surface area contributed by atoms with Gasteiger partial charge in [-0.15, -0.1) is 0 Å². The van der Waals surface area contributed by atoms with Crippen LogP contribution in [-0.2, 0) is 0 Å². The van der Waals surface area contributed by atoms with E-state index < -0.39 is 0 Å². The minimum absolute atomic E-state index is 0.257. The molecule has 0 radical (unpaired) electrons. The van der Waals surface area contributed by atoms with Crippen LogP contribution in [0.3, 0.4) is 0 Å². The molecule has 0 fully saturated rings. The minimum Gasteiger partial charge on any atom is -0.397 e. The lowest BCUT2D eigenvalue weighted by molar-refractivity contribution is 0.431. The van der Waals surface area contributed by atoms with E-state index in [1.54, 1.807) is 18.2 Å². The van der Waals surface area contributed by atoms with Crippen molar-refractivity contribution in [3.05, 3.63) is 40.6 Å². The van der Waals surface area contributed by atoms with Crippen molar-refractivity contribution in [3.8, 4) is 23.1 Å². The predicted octanol–water partition coefficient (Wildman–Crippen LogP) is 3.08. The van der Waals surface area contributed by atoms with Gasteiger partial charge in [0.2, 0.25) is 5.82 Å². The van der Waals surface area contributed by atoms with Gasteiger partial charge in [-0.1, -0.05) is 28.4 Å². The second-order valence-electron chi connectivity index (χ2n) is 3.88. The van der Waals surface area contributed by atoms with Crippen LogP contribution in [0.5, 0.6) is 0 Å². The Bertz CT molecular complexity index is 757. The number of nitrogens with two attached hydrogens (primary N) is 1. The molecular weight excluding hydrogens is 301 g/mol. The SMILES string of the molecule is Nc1ccc(-c2nc(-c3ncc(Cl)cc3Cl)no2)nc1. The average Bonchev–Trinajstić information content (AvgIpc) is 2.89. The molecule has 3 rings (SSSR count). The molecule has 6 nitrogen and oxygen atoms in total. The van der Waals surface area contributed by atoms with Crippen LogP contribution in [0, 0.1) is 0 Å². The van der Waals surface area contributed by atoms with E-state index >= 15 is 0 Å². The van der Waals surface area contributed by atoms with E-state index in [9.17, 15) is 0 Å². The topological polar surface area (TPSA) is 90.7 Å². The van der Waals surface area contributed by atoms with Crippen LogP contribution in [0.1, 0.15) is 0 Å². The molecule has 0 aliphatic rings. The molecular formula is C12H7Cl2N5O. The van der Waals surface area contributed by atoms with Gasteiger partial charge in [-0.05, 0) is 18.2 Å². The summed E-state index contributed by atoms with van der Waals surface area (Å²) in [7, 11) is 0. The van der Waals surface area contributed by atoms with E-state index in [4.69, 9.17) is 33.5 Å². The minimum atomic E-state index is 0.257. The van der Waals surface area contributed by atoms with Crippen LogP contribution >= 0.6 is 23.2 Å². The first-order valence-electron chi connectivity index (χ1n) is 5.50. The van der Waals surface area contributed by atoms with Gasteiger partial charge in [0, 0.05) is 6.20 Å². The molecule has 0 amide bonds. The maximum absolute atomic E-state index is 6.04. The van der Waals surface area contributed by atoms with Crippen LogP contribution in [0.15, 0.2) is 35.1 Å². The Balaban J connectivity index is 1.99. The molecule has 0 aliphatic carbocycles. The molecule has 0 aromatic carbocycles. The van der Waals surface area contributed by atoms with Gasteiger partial charge in [0.15, 0.2) is 0 Å². The van der Waals surface area contributed by atoms with Crippen molar-refractivity contribution in [1.82, 2.24) is 20.1 Å². The summed E-state index contributed by atoms with van der Waals surface area (Å²) in [6, 6.07) is 4.94. The number of hydrogen-bond donors (Lipinski definition) is 1. The summed E-state index contributed by atoms with van der Waals surface area (Å²) in [6.07, 6.45) is 2.97. The van der Waals surface area contributed by atoms with E-state index in [-0.39, 0.29) is 11.7 Å². The Morgan fingerprint density at radius 3 is 2.65 bits per heavy atom. The molecule has 0 unspecified atom stereocenters. The smallest absolute Gasteiger partial charge is 0.276 e. The van der Waals surface area contributed by atoms with Crippen molar-refractivity contribution in [2.45, 2.75) is 0 Å². The second kappa shape index (κ2) is 5.07. The lowest BCUT2D eigenvalue weighted by atomic mass is 10.3. The lowest BCUT2D eigenvalue weighted by Crippen LogP contribution is -1.89. The summed E-state index contributed by atoms with van der Waals surface area (Å²) in [6.45, 7) is 0. The zero-order valence-electron chi connectivity index (χ0n) is 9.92. The number of aromatic nitrogens is 4. The van der Waals surface area contributed by atoms with Crippen molar-refractivity contribution in [2.75, 3.05) is 5.73 Å². The van der Waals surface area contributed by atoms with E-state index in [1.807, 2.05) is 0 Å². The summed E-state index contributed by atoms with van der Waals surface area (Å²) < 4.78 is 5.13. The van der Waals surface area contributed by atoms with Crippen LogP contribution in [0.25, 0.3) is 23.1 Å². The summed E-state index contributed by atoms with van der Waals surface area (Å²) in [5, 5.41) is 4.60. The zero-order valence-corrected chi connectivity index (χ0v) is 11.4. The molecule has 100 valence electrons. The van der Waals surface area contributed by atoms with Gasteiger partial charge in [0.25, 0.3) is 5.89 Å². The van der Waals surface area contributed by atoms with Gasteiger partial charge in [-0.25, -0.2) is 9.97 Å².